The third kappa shape index (κ3) is 5.39. The number of furan rings is 1. The van der Waals surface area contributed by atoms with Gasteiger partial charge in [-0.2, -0.15) is 0 Å². The van der Waals surface area contributed by atoms with Crippen molar-refractivity contribution in [2.24, 2.45) is 0 Å². The molecule has 152 valence electrons. The van der Waals surface area contributed by atoms with Crippen LogP contribution in [0, 0.1) is 0 Å². The van der Waals surface area contributed by atoms with Crippen LogP contribution in [0.4, 0.5) is 0 Å². The summed E-state index contributed by atoms with van der Waals surface area (Å²) in [6, 6.07) is 6.78. The van der Waals surface area contributed by atoms with Crippen molar-refractivity contribution in [3.8, 4) is 23.1 Å². The highest BCUT2D eigenvalue weighted by Gasteiger charge is 2.13. The number of halogens is 1. The molecule has 0 unspecified atom stereocenters. The second-order valence-electron chi connectivity index (χ2n) is 5.80. The van der Waals surface area contributed by atoms with Gasteiger partial charge in [0.1, 0.15) is 0 Å². The largest absolute Gasteiger partial charge is 0.493 e. The van der Waals surface area contributed by atoms with E-state index in [1.54, 1.807) is 30.3 Å². The highest BCUT2D eigenvalue weighted by molar-refractivity contribution is 6.32. The van der Waals surface area contributed by atoms with E-state index in [2.05, 4.69) is 10.2 Å². The van der Waals surface area contributed by atoms with Crippen LogP contribution in [-0.2, 0) is 16.1 Å². The van der Waals surface area contributed by atoms with Crippen molar-refractivity contribution < 1.29 is 27.8 Å². The number of ether oxygens (including phenoxy) is 3. The second kappa shape index (κ2) is 9.79. The number of aromatic nitrogens is 2. The van der Waals surface area contributed by atoms with Crippen LogP contribution in [-0.4, -0.2) is 29.9 Å². The maximum absolute atomic E-state index is 12.0. The van der Waals surface area contributed by atoms with E-state index in [-0.39, 0.29) is 18.4 Å². The van der Waals surface area contributed by atoms with Gasteiger partial charge in [0.05, 0.1) is 25.0 Å². The summed E-state index contributed by atoms with van der Waals surface area (Å²) in [4.78, 5) is 12.0. The maximum Gasteiger partial charge on any atom is 0.331 e. The van der Waals surface area contributed by atoms with E-state index in [0.29, 0.717) is 34.5 Å². The first-order chi connectivity index (χ1) is 14.1. The molecule has 0 radical (unpaired) electrons. The number of hydrogen-bond donors (Lipinski definition) is 0. The minimum Gasteiger partial charge on any atom is -0.493 e. The van der Waals surface area contributed by atoms with Gasteiger partial charge in [-0.1, -0.05) is 18.5 Å². The maximum atomic E-state index is 12.0. The standard InChI is InChI=1S/C20H19ClN2O6/c1-3-8-27-19-14(21)10-13(11-16(19)25-2)6-7-18(24)28-12-17-22-23-20(29-17)15-5-4-9-26-15/h4-7,9-11H,3,8,12H2,1-2H3/b7-6+. The molecule has 0 aliphatic rings. The molecule has 2 heterocycles. The predicted octanol–water partition coefficient (Wildman–Crippen LogP) is 4.54. The molecule has 9 heteroatoms. The van der Waals surface area contributed by atoms with E-state index in [1.165, 1.54) is 19.4 Å². The number of methoxy groups -OCH3 is 1. The van der Waals surface area contributed by atoms with Crippen LogP contribution < -0.4 is 9.47 Å². The number of carbonyl (C=O) groups is 1. The van der Waals surface area contributed by atoms with Crippen LogP contribution in [0.25, 0.3) is 17.7 Å². The zero-order chi connectivity index (χ0) is 20.6. The van der Waals surface area contributed by atoms with Crippen LogP contribution in [0.3, 0.4) is 0 Å². The lowest BCUT2D eigenvalue weighted by molar-refractivity contribution is -0.139. The summed E-state index contributed by atoms with van der Waals surface area (Å²) in [6.07, 6.45) is 5.16. The molecular weight excluding hydrogens is 400 g/mol. The molecule has 0 bridgehead atoms. The fourth-order valence-corrected chi connectivity index (χ4v) is 2.61. The number of esters is 1. The van der Waals surface area contributed by atoms with Crippen LogP contribution in [0.1, 0.15) is 24.8 Å². The van der Waals surface area contributed by atoms with Gasteiger partial charge in [0.25, 0.3) is 11.8 Å². The number of hydrogen-bond acceptors (Lipinski definition) is 8. The Kier molecular flexibility index (Phi) is 6.91. The molecule has 0 N–H and O–H groups in total. The Labute approximate surface area is 172 Å². The van der Waals surface area contributed by atoms with Crippen molar-refractivity contribution in [3.63, 3.8) is 0 Å². The van der Waals surface area contributed by atoms with Gasteiger partial charge in [-0.05, 0) is 42.3 Å². The molecule has 0 saturated carbocycles. The molecule has 0 amide bonds. The summed E-state index contributed by atoms with van der Waals surface area (Å²) in [5.41, 5.74) is 0.658. The van der Waals surface area contributed by atoms with Crippen LogP contribution in [0.5, 0.6) is 11.5 Å². The van der Waals surface area contributed by atoms with Crippen molar-refractivity contribution in [1.29, 1.82) is 0 Å². The van der Waals surface area contributed by atoms with Crippen molar-refractivity contribution in [1.82, 2.24) is 10.2 Å². The smallest absolute Gasteiger partial charge is 0.331 e. The molecule has 0 spiro atoms. The molecule has 2 aromatic heterocycles. The summed E-state index contributed by atoms with van der Waals surface area (Å²) in [6.45, 7) is 2.36. The molecule has 0 saturated heterocycles. The van der Waals surface area contributed by atoms with Gasteiger partial charge < -0.3 is 23.0 Å². The molecule has 0 fully saturated rings. The fourth-order valence-electron chi connectivity index (χ4n) is 2.34. The Hall–Kier alpha value is -3.26. The lowest BCUT2D eigenvalue weighted by Crippen LogP contribution is -2.01. The number of benzene rings is 1. The zero-order valence-electron chi connectivity index (χ0n) is 15.9. The van der Waals surface area contributed by atoms with Gasteiger partial charge in [-0.15, -0.1) is 10.2 Å². The summed E-state index contributed by atoms with van der Waals surface area (Å²) in [7, 11) is 1.52. The SMILES string of the molecule is CCCOc1c(Cl)cc(/C=C/C(=O)OCc2nnc(-c3ccco3)o2)cc1OC. The van der Waals surface area contributed by atoms with Crippen molar-refractivity contribution in [2.45, 2.75) is 20.0 Å². The number of carbonyl (C=O) groups excluding carboxylic acids is 1. The van der Waals surface area contributed by atoms with E-state index in [9.17, 15) is 4.79 Å². The van der Waals surface area contributed by atoms with Crippen LogP contribution >= 0.6 is 11.6 Å². The summed E-state index contributed by atoms with van der Waals surface area (Å²) in [5.74, 6) is 1.18. The Morgan fingerprint density at radius 2 is 2.17 bits per heavy atom. The molecule has 0 atom stereocenters. The average molecular weight is 419 g/mol. The lowest BCUT2D eigenvalue weighted by atomic mass is 10.2. The van der Waals surface area contributed by atoms with Gasteiger partial charge in [0, 0.05) is 6.08 Å². The normalized spacial score (nSPS) is 11.0. The first-order valence-corrected chi connectivity index (χ1v) is 9.20. The number of nitrogens with zero attached hydrogens (tertiary/aromatic N) is 2. The molecule has 3 rings (SSSR count). The van der Waals surface area contributed by atoms with E-state index in [1.807, 2.05) is 6.92 Å². The van der Waals surface area contributed by atoms with Gasteiger partial charge in [0.15, 0.2) is 23.9 Å². The summed E-state index contributed by atoms with van der Waals surface area (Å²) >= 11 is 6.26. The highest BCUT2D eigenvalue weighted by atomic mass is 35.5. The molecule has 3 aromatic rings. The van der Waals surface area contributed by atoms with Gasteiger partial charge in [-0.25, -0.2) is 4.79 Å². The first kappa shape index (κ1) is 20.5. The van der Waals surface area contributed by atoms with E-state index >= 15 is 0 Å². The zero-order valence-corrected chi connectivity index (χ0v) is 16.6. The van der Waals surface area contributed by atoms with Crippen molar-refractivity contribution in [3.05, 3.63) is 53.1 Å². The monoisotopic (exact) mass is 418 g/mol. The summed E-state index contributed by atoms with van der Waals surface area (Å²) in [5, 5.41) is 8.02. The molecule has 0 aliphatic carbocycles. The highest BCUT2D eigenvalue weighted by Crippen LogP contribution is 2.36. The molecule has 8 nitrogen and oxygen atoms in total. The summed E-state index contributed by atoms with van der Waals surface area (Å²) < 4.78 is 26.5. The van der Waals surface area contributed by atoms with Gasteiger partial charge >= 0.3 is 5.97 Å². The molecule has 0 aliphatic heterocycles. The fraction of sp³-hybridized carbons (Fsp3) is 0.250. The lowest BCUT2D eigenvalue weighted by Gasteiger charge is -2.12. The third-order valence-electron chi connectivity index (χ3n) is 3.65. The minimum atomic E-state index is -0.579. The Morgan fingerprint density at radius 1 is 1.31 bits per heavy atom. The molecule has 1 aromatic carbocycles. The molecular formula is C20H19ClN2O6. The van der Waals surface area contributed by atoms with Crippen molar-refractivity contribution in [2.75, 3.05) is 13.7 Å². The Bertz CT molecular complexity index is 981. The third-order valence-corrected chi connectivity index (χ3v) is 3.93. The Morgan fingerprint density at radius 3 is 2.90 bits per heavy atom. The molecule has 29 heavy (non-hydrogen) atoms. The van der Waals surface area contributed by atoms with Crippen LogP contribution in [0.15, 0.2) is 45.4 Å². The quantitative estimate of drug-likeness (QED) is 0.369. The first-order valence-electron chi connectivity index (χ1n) is 8.82. The predicted molar refractivity (Wildman–Crippen MR) is 105 cm³/mol. The average Bonchev–Trinajstić information content (AvgIpc) is 3.41. The van der Waals surface area contributed by atoms with E-state index < -0.39 is 5.97 Å². The van der Waals surface area contributed by atoms with Crippen molar-refractivity contribution >= 4 is 23.6 Å². The Balaban J connectivity index is 1.59. The topological polar surface area (TPSA) is 96.8 Å². The van der Waals surface area contributed by atoms with Gasteiger partial charge in [0.2, 0.25) is 0 Å². The minimum absolute atomic E-state index is 0.153. The number of rotatable bonds is 9. The van der Waals surface area contributed by atoms with Crippen LogP contribution in [0.2, 0.25) is 5.02 Å². The van der Waals surface area contributed by atoms with E-state index in [0.717, 1.165) is 6.42 Å². The second-order valence-corrected chi connectivity index (χ2v) is 6.21. The van der Waals surface area contributed by atoms with Gasteiger partial charge in [-0.3, -0.25) is 0 Å². The van der Waals surface area contributed by atoms with E-state index in [4.69, 9.17) is 34.6 Å².